The highest BCUT2D eigenvalue weighted by molar-refractivity contribution is 9.10. The van der Waals surface area contributed by atoms with Crippen molar-refractivity contribution >= 4 is 27.3 Å². The van der Waals surface area contributed by atoms with Crippen LogP contribution in [0, 0.1) is 25.2 Å². The Hall–Kier alpha value is -2.24. The second kappa shape index (κ2) is 6.71. The second-order valence-corrected chi connectivity index (χ2v) is 7.14. The van der Waals surface area contributed by atoms with Gasteiger partial charge in [-0.1, -0.05) is 5.16 Å². The van der Waals surface area contributed by atoms with Gasteiger partial charge >= 0.3 is 0 Å². The van der Waals surface area contributed by atoms with E-state index in [1.807, 2.05) is 24.4 Å². The molecule has 6 nitrogen and oxygen atoms in total. The van der Waals surface area contributed by atoms with Crippen molar-refractivity contribution in [2.45, 2.75) is 26.7 Å². The van der Waals surface area contributed by atoms with Crippen molar-refractivity contribution in [2.75, 3.05) is 0 Å². The quantitative estimate of drug-likeness (QED) is 0.717. The van der Waals surface area contributed by atoms with Gasteiger partial charge in [0.05, 0.1) is 4.88 Å². The number of hydrogen-bond acceptors (Lipinski definition) is 6. The zero-order valence-electron chi connectivity index (χ0n) is 13.0. The van der Waals surface area contributed by atoms with E-state index in [-0.39, 0.29) is 11.1 Å². The minimum atomic E-state index is -0.348. The van der Waals surface area contributed by atoms with Crippen LogP contribution in [0.25, 0.3) is 10.7 Å². The smallest absolute Gasteiger partial charge is 0.266 e. The molecule has 0 unspecified atom stereocenters. The molecule has 0 aliphatic carbocycles. The fourth-order valence-electron chi connectivity index (χ4n) is 2.54. The van der Waals surface area contributed by atoms with Crippen molar-refractivity contribution in [2.24, 2.45) is 0 Å². The van der Waals surface area contributed by atoms with Crippen LogP contribution in [0.3, 0.4) is 0 Å². The average Bonchev–Trinajstić information content (AvgIpc) is 3.16. The summed E-state index contributed by atoms with van der Waals surface area (Å²) in [4.78, 5) is 19.8. The maximum absolute atomic E-state index is 11.8. The number of aromatic nitrogens is 3. The van der Waals surface area contributed by atoms with Crippen molar-refractivity contribution in [1.29, 1.82) is 5.26 Å². The van der Waals surface area contributed by atoms with E-state index < -0.39 is 0 Å². The van der Waals surface area contributed by atoms with E-state index in [1.165, 1.54) is 11.3 Å². The number of halogens is 1. The van der Waals surface area contributed by atoms with Crippen LogP contribution in [0.1, 0.15) is 28.3 Å². The van der Waals surface area contributed by atoms with Gasteiger partial charge in [0, 0.05) is 22.0 Å². The molecule has 0 saturated heterocycles. The van der Waals surface area contributed by atoms with E-state index in [9.17, 15) is 4.79 Å². The molecule has 0 aliphatic rings. The van der Waals surface area contributed by atoms with E-state index >= 15 is 0 Å². The molecule has 122 valence electrons. The number of hydrogen-bond donors (Lipinski definition) is 1. The topological polar surface area (TPSA) is 95.6 Å². The standard InChI is InChI=1S/C16H13BrN4O2S/c1-8-11(9(2)19-16(22)12(8)6-18)3-4-14-20-15(21-23-14)13-5-10(17)7-24-13/h5,7H,3-4H2,1-2H3,(H,19,22). The minimum Gasteiger partial charge on any atom is -0.339 e. The third kappa shape index (κ3) is 3.18. The second-order valence-electron chi connectivity index (χ2n) is 5.31. The van der Waals surface area contributed by atoms with Crippen LogP contribution in [0.4, 0.5) is 0 Å². The molecule has 8 heteroatoms. The minimum absolute atomic E-state index is 0.158. The summed E-state index contributed by atoms with van der Waals surface area (Å²) in [6.07, 6.45) is 1.15. The van der Waals surface area contributed by atoms with E-state index in [2.05, 4.69) is 31.1 Å². The molecule has 3 rings (SSSR count). The van der Waals surface area contributed by atoms with E-state index in [0.29, 0.717) is 30.1 Å². The lowest BCUT2D eigenvalue weighted by Gasteiger charge is -2.09. The summed E-state index contributed by atoms with van der Waals surface area (Å²) in [6.45, 7) is 3.62. The number of nitrogens with one attached hydrogen (secondary N) is 1. The number of rotatable bonds is 4. The van der Waals surface area contributed by atoms with Crippen molar-refractivity contribution in [3.8, 4) is 16.8 Å². The Kier molecular flexibility index (Phi) is 4.64. The van der Waals surface area contributed by atoms with E-state index in [4.69, 9.17) is 9.78 Å². The molecular weight excluding hydrogens is 392 g/mol. The zero-order chi connectivity index (χ0) is 17.3. The Balaban J connectivity index is 1.81. The Morgan fingerprint density at radius 3 is 2.88 bits per heavy atom. The predicted molar refractivity (Wildman–Crippen MR) is 94.0 cm³/mol. The van der Waals surface area contributed by atoms with Gasteiger partial charge in [0.25, 0.3) is 5.56 Å². The molecule has 24 heavy (non-hydrogen) atoms. The van der Waals surface area contributed by atoms with Gasteiger partial charge in [-0.25, -0.2) is 0 Å². The van der Waals surface area contributed by atoms with Crippen LogP contribution in [0.5, 0.6) is 0 Å². The zero-order valence-corrected chi connectivity index (χ0v) is 15.4. The van der Waals surface area contributed by atoms with Crippen LogP contribution < -0.4 is 5.56 Å². The van der Waals surface area contributed by atoms with Crippen LogP contribution in [0.2, 0.25) is 0 Å². The summed E-state index contributed by atoms with van der Waals surface area (Å²) in [7, 11) is 0. The first-order valence-electron chi connectivity index (χ1n) is 7.19. The van der Waals surface area contributed by atoms with Crippen LogP contribution in [-0.4, -0.2) is 15.1 Å². The van der Waals surface area contributed by atoms with E-state index in [0.717, 1.165) is 20.6 Å². The average molecular weight is 405 g/mol. The maximum atomic E-state index is 11.8. The molecule has 0 radical (unpaired) electrons. The van der Waals surface area contributed by atoms with Gasteiger partial charge in [-0.3, -0.25) is 4.79 Å². The van der Waals surface area contributed by atoms with Gasteiger partial charge in [0.1, 0.15) is 11.6 Å². The number of thiophene rings is 1. The lowest BCUT2D eigenvalue weighted by atomic mass is 9.99. The summed E-state index contributed by atoms with van der Waals surface area (Å²) >= 11 is 4.94. The molecule has 0 bridgehead atoms. The first-order chi connectivity index (χ1) is 11.5. The number of H-pyrrole nitrogens is 1. The molecule has 0 amide bonds. The van der Waals surface area contributed by atoms with E-state index in [1.54, 1.807) is 6.92 Å². The van der Waals surface area contributed by atoms with Crippen molar-refractivity contribution in [3.63, 3.8) is 0 Å². The van der Waals surface area contributed by atoms with Crippen molar-refractivity contribution in [1.82, 2.24) is 15.1 Å². The lowest BCUT2D eigenvalue weighted by Crippen LogP contribution is -2.16. The molecule has 0 spiro atoms. The molecule has 0 aromatic carbocycles. The third-order valence-corrected chi connectivity index (χ3v) is 5.45. The lowest BCUT2D eigenvalue weighted by molar-refractivity contribution is 0.379. The van der Waals surface area contributed by atoms with Gasteiger partial charge in [-0.2, -0.15) is 10.2 Å². The SMILES string of the molecule is Cc1[nH]c(=O)c(C#N)c(C)c1CCc1nc(-c2cc(Br)cs2)no1. The van der Waals surface area contributed by atoms with Gasteiger partial charge in [0.2, 0.25) is 11.7 Å². The fourth-order valence-corrected chi connectivity index (χ4v) is 3.89. The van der Waals surface area contributed by atoms with Crippen LogP contribution in [-0.2, 0) is 12.8 Å². The highest BCUT2D eigenvalue weighted by atomic mass is 79.9. The molecule has 3 aromatic heterocycles. The molecule has 0 saturated carbocycles. The first-order valence-corrected chi connectivity index (χ1v) is 8.86. The highest BCUT2D eigenvalue weighted by Crippen LogP contribution is 2.28. The van der Waals surface area contributed by atoms with Crippen molar-refractivity contribution < 1.29 is 4.52 Å². The normalized spacial score (nSPS) is 10.8. The predicted octanol–water partition coefficient (Wildman–Crippen LogP) is 3.52. The number of nitriles is 1. The van der Waals surface area contributed by atoms with Crippen molar-refractivity contribution in [3.05, 3.63) is 54.5 Å². The molecule has 0 fully saturated rings. The van der Waals surface area contributed by atoms with Crippen LogP contribution >= 0.6 is 27.3 Å². The van der Waals surface area contributed by atoms with Gasteiger partial charge in [-0.05, 0) is 53.4 Å². The summed E-state index contributed by atoms with van der Waals surface area (Å²) in [5, 5.41) is 15.1. The number of aromatic amines is 1. The first kappa shape index (κ1) is 16.6. The number of aryl methyl sites for hydroxylation is 2. The monoisotopic (exact) mass is 404 g/mol. The van der Waals surface area contributed by atoms with Gasteiger partial charge in [0.15, 0.2) is 0 Å². The van der Waals surface area contributed by atoms with Crippen LogP contribution in [0.15, 0.2) is 25.2 Å². The third-order valence-electron chi connectivity index (χ3n) is 3.77. The number of pyridine rings is 1. The molecule has 3 heterocycles. The molecule has 3 aromatic rings. The summed E-state index contributed by atoms with van der Waals surface area (Å²) in [6, 6.07) is 3.90. The Bertz CT molecular complexity index is 996. The van der Waals surface area contributed by atoms with Gasteiger partial charge < -0.3 is 9.51 Å². The Morgan fingerprint density at radius 1 is 1.42 bits per heavy atom. The van der Waals surface area contributed by atoms with Gasteiger partial charge in [-0.15, -0.1) is 11.3 Å². The largest absolute Gasteiger partial charge is 0.339 e. The highest BCUT2D eigenvalue weighted by Gasteiger charge is 2.15. The molecular formula is C16H13BrN4O2S. The molecule has 0 atom stereocenters. The summed E-state index contributed by atoms with van der Waals surface area (Å²) in [5.74, 6) is 1.09. The Labute approximate surface area is 150 Å². The Morgan fingerprint density at radius 2 is 2.21 bits per heavy atom. The molecule has 0 aliphatic heterocycles. The number of nitrogens with zero attached hydrogens (tertiary/aromatic N) is 3. The summed E-state index contributed by atoms with van der Waals surface area (Å²) < 4.78 is 6.29. The molecule has 1 N–H and O–H groups in total. The fraction of sp³-hybridized carbons (Fsp3) is 0.250. The summed E-state index contributed by atoms with van der Waals surface area (Å²) in [5.41, 5.74) is 2.22. The maximum Gasteiger partial charge on any atom is 0.266 e.